The summed E-state index contributed by atoms with van der Waals surface area (Å²) in [5.41, 5.74) is 0.525. The highest BCUT2D eigenvalue weighted by molar-refractivity contribution is 5.95. The van der Waals surface area contributed by atoms with Crippen LogP contribution in [0.25, 0.3) is 0 Å². The van der Waals surface area contributed by atoms with E-state index in [0.717, 1.165) is 18.7 Å². The van der Waals surface area contributed by atoms with E-state index < -0.39 is 0 Å². The maximum Gasteiger partial charge on any atom is 0.345 e. The van der Waals surface area contributed by atoms with Gasteiger partial charge in [-0.3, -0.25) is 9.36 Å². The number of fused-ring (bicyclic) bond motifs is 1. The second-order valence-electron chi connectivity index (χ2n) is 6.64. The Kier molecular flexibility index (Phi) is 4.18. The molecule has 0 spiro atoms. The number of amides is 1. The summed E-state index contributed by atoms with van der Waals surface area (Å²) in [6.07, 6.45) is 1.60. The van der Waals surface area contributed by atoms with Crippen molar-refractivity contribution in [2.75, 3.05) is 19.9 Å². The number of carbonyl (C=O) groups excluding carboxylic acids is 1. The molecule has 1 aromatic heterocycles. The summed E-state index contributed by atoms with van der Waals surface area (Å²) < 4.78 is 13.8. The molecule has 0 atom stereocenters. The van der Waals surface area contributed by atoms with Crippen LogP contribution in [0.4, 0.5) is 0 Å². The number of carbonyl (C=O) groups is 1. The second-order valence-corrected chi connectivity index (χ2v) is 6.64. The molecular formula is C18H22N4O4. The molecule has 2 aliphatic heterocycles. The van der Waals surface area contributed by atoms with Gasteiger partial charge in [0.25, 0.3) is 5.91 Å². The zero-order chi connectivity index (χ0) is 18.3. The Bertz CT molecular complexity index is 893. The van der Waals surface area contributed by atoms with Crippen molar-refractivity contribution in [1.29, 1.82) is 0 Å². The summed E-state index contributed by atoms with van der Waals surface area (Å²) in [7, 11) is 1.68. The van der Waals surface area contributed by atoms with Crippen LogP contribution in [-0.4, -0.2) is 45.0 Å². The highest BCUT2D eigenvalue weighted by Gasteiger charge is 2.29. The lowest BCUT2D eigenvalue weighted by Crippen LogP contribution is -2.38. The molecule has 26 heavy (non-hydrogen) atoms. The third kappa shape index (κ3) is 2.75. The maximum absolute atomic E-state index is 12.8. The van der Waals surface area contributed by atoms with Crippen LogP contribution in [0, 0.1) is 0 Å². The Morgan fingerprint density at radius 3 is 2.69 bits per heavy atom. The molecule has 0 N–H and O–H groups in total. The minimum absolute atomic E-state index is 0.00403. The summed E-state index contributed by atoms with van der Waals surface area (Å²) in [6.45, 7) is 4.05. The Morgan fingerprint density at radius 1 is 1.23 bits per heavy atom. The summed E-state index contributed by atoms with van der Waals surface area (Å²) in [5.74, 6) is 2.31. The smallest absolute Gasteiger partial charge is 0.345 e. The summed E-state index contributed by atoms with van der Waals surface area (Å²) in [5, 5.41) is 4.41. The largest absolute Gasteiger partial charge is 0.454 e. The molecule has 0 aliphatic carbocycles. The fraction of sp³-hybridized carbons (Fsp3) is 0.500. The van der Waals surface area contributed by atoms with Crippen LogP contribution in [0.15, 0.2) is 23.0 Å². The van der Waals surface area contributed by atoms with E-state index in [-0.39, 0.29) is 24.3 Å². The average Bonchev–Trinajstić information content (AvgIpc) is 3.25. The maximum atomic E-state index is 12.8. The molecule has 1 fully saturated rings. The van der Waals surface area contributed by atoms with E-state index in [1.54, 1.807) is 29.8 Å². The molecule has 0 bridgehead atoms. The van der Waals surface area contributed by atoms with Gasteiger partial charge in [-0.1, -0.05) is 0 Å². The lowest BCUT2D eigenvalue weighted by Gasteiger charge is -2.31. The number of ether oxygens (including phenoxy) is 2. The van der Waals surface area contributed by atoms with Gasteiger partial charge in [-0.25, -0.2) is 9.48 Å². The number of likely N-dealkylation sites (tertiary alicyclic amines) is 1. The fourth-order valence-corrected chi connectivity index (χ4v) is 3.68. The summed E-state index contributed by atoms with van der Waals surface area (Å²) in [4.78, 5) is 26.7. The molecular weight excluding hydrogens is 336 g/mol. The van der Waals surface area contributed by atoms with Crippen LogP contribution in [0.2, 0.25) is 0 Å². The Morgan fingerprint density at radius 2 is 1.96 bits per heavy atom. The van der Waals surface area contributed by atoms with Gasteiger partial charge < -0.3 is 14.4 Å². The Hall–Kier alpha value is -2.77. The third-order valence-corrected chi connectivity index (χ3v) is 5.12. The van der Waals surface area contributed by atoms with E-state index >= 15 is 0 Å². The zero-order valence-corrected chi connectivity index (χ0v) is 15.0. The van der Waals surface area contributed by atoms with Crippen molar-refractivity contribution >= 4 is 5.91 Å². The van der Waals surface area contributed by atoms with Crippen LogP contribution in [0.5, 0.6) is 11.5 Å². The van der Waals surface area contributed by atoms with Gasteiger partial charge in [0.15, 0.2) is 11.5 Å². The van der Waals surface area contributed by atoms with Crippen LogP contribution in [-0.2, 0) is 13.6 Å². The first-order valence-corrected chi connectivity index (χ1v) is 8.91. The Labute approximate surface area is 150 Å². The van der Waals surface area contributed by atoms with Crippen LogP contribution in [0.1, 0.15) is 41.9 Å². The van der Waals surface area contributed by atoms with Crippen LogP contribution < -0.4 is 15.2 Å². The van der Waals surface area contributed by atoms with Crippen LogP contribution in [0.3, 0.4) is 0 Å². The number of benzene rings is 1. The molecule has 0 saturated carbocycles. The predicted octanol–water partition coefficient (Wildman–Crippen LogP) is 1.35. The normalized spacial score (nSPS) is 16.9. The topological polar surface area (TPSA) is 78.6 Å². The van der Waals surface area contributed by atoms with Crippen molar-refractivity contribution < 1.29 is 14.3 Å². The molecule has 8 heteroatoms. The molecule has 3 heterocycles. The van der Waals surface area contributed by atoms with Crippen LogP contribution >= 0.6 is 0 Å². The van der Waals surface area contributed by atoms with Gasteiger partial charge in [0.1, 0.15) is 5.82 Å². The number of hydrogen-bond acceptors (Lipinski definition) is 5. The van der Waals surface area contributed by atoms with E-state index in [2.05, 4.69) is 5.10 Å². The molecule has 1 saturated heterocycles. The van der Waals surface area contributed by atoms with Crippen molar-refractivity contribution in [2.45, 2.75) is 32.2 Å². The van der Waals surface area contributed by atoms with Crippen molar-refractivity contribution in [1.82, 2.24) is 19.2 Å². The number of nitrogens with zero attached hydrogens (tertiary/aromatic N) is 4. The number of rotatable bonds is 3. The molecule has 0 radical (unpaired) electrons. The van der Waals surface area contributed by atoms with Gasteiger partial charge in [-0.2, -0.15) is 5.10 Å². The number of hydrogen-bond donors (Lipinski definition) is 0. The molecule has 138 valence electrons. The van der Waals surface area contributed by atoms with Crippen molar-refractivity contribution in [2.24, 2.45) is 7.05 Å². The van der Waals surface area contributed by atoms with E-state index in [4.69, 9.17) is 9.47 Å². The molecule has 2 aliphatic rings. The summed E-state index contributed by atoms with van der Waals surface area (Å²) in [6, 6.07) is 5.29. The van der Waals surface area contributed by atoms with E-state index in [1.807, 2.05) is 11.8 Å². The van der Waals surface area contributed by atoms with Gasteiger partial charge in [-0.15, -0.1) is 0 Å². The first-order valence-electron chi connectivity index (χ1n) is 8.91. The first kappa shape index (κ1) is 16.7. The molecule has 2 aromatic rings. The molecule has 8 nitrogen and oxygen atoms in total. The SMILES string of the molecule is CCn1c(C2CCN(C(=O)c3ccc4c(c3)OCO4)CC2)nn(C)c1=O. The number of piperidine rings is 1. The van der Waals surface area contributed by atoms with E-state index in [1.165, 1.54) is 4.68 Å². The second kappa shape index (κ2) is 6.51. The van der Waals surface area contributed by atoms with Gasteiger partial charge in [-0.05, 0) is 38.0 Å². The highest BCUT2D eigenvalue weighted by Crippen LogP contribution is 2.33. The Balaban J connectivity index is 1.46. The zero-order valence-electron chi connectivity index (χ0n) is 15.0. The minimum Gasteiger partial charge on any atom is -0.454 e. The van der Waals surface area contributed by atoms with Crippen molar-refractivity contribution in [3.8, 4) is 11.5 Å². The van der Waals surface area contributed by atoms with Gasteiger partial charge in [0, 0.05) is 38.2 Å². The first-order chi connectivity index (χ1) is 12.6. The van der Waals surface area contributed by atoms with E-state index in [9.17, 15) is 9.59 Å². The standard InChI is InChI=1S/C18H22N4O4/c1-3-22-16(19-20(2)18(22)24)12-6-8-21(9-7-12)17(23)13-4-5-14-15(10-13)26-11-25-14/h4-5,10,12H,3,6-9,11H2,1-2H3. The third-order valence-electron chi connectivity index (χ3n) is 5.12. The van der Waals surface area contributed by atoms with Gasteiger partial charge >= 0.3 is 5.69 Å². The van der Waals surface area contributed by atoms with Crippen molar-refractivity contribution in [3.63, 3.8) is 0 Å². The molecule has 1 amide bonds. The van der Waals surface area contributed by atoms with Gasteiger partial charge in [0.2, 0.25) is 6.79 Å². The van der Waals surface area contributed by atoms with Crippen molar-refractivity contribution in [3.05, 3.63) is 40.1 Å². The predicted molar refractivity (Wildman–Crippen MR) is 93.6 cm³/mol. The highest BCUT2D eigenvalue weighted by atomic mass is 16.7. The monoisotopic (exact) mass is 358 g/mol. The molecule has 0 unspecified atom stereocenters. The summed E-state index contributed by atoms with van der Waals surface area (Å²) >= 11 is 0. The number of aromatic nitrogens is 3. The minimum atomic E-state index is -0.0821. The number of aryl methyl sites for hydroxylation is 1. The average molecular weight is 358 g/mol. The molecule has 4 rings (SSSR count). The van der Waals surface area contributed by atoms with Gasteiger partial charge in [0.05, 0.1) is 0 Å². The lowest BCUT2D eigenvalue weighted by atomic mass is 9.95. The lowest BCUT2D eigenvalue weighted by molar-refractivity contribution is 0.0709. The molecule has 1 aromatic carbocycles. The quantitative estimate of drug-likeness (QED) is 0.828. The van der Waals surface area contributed by atoms with E-state index in [0.29, 0.717) is 36.7 Å². The fourth-order valence-electron chi connectivity index (χ4n) is 3.68.